The van der Waals surface area contributed by atoms with E-state index in [1.165, 1.54) is 17.0 Å². The van der Waals surface area contributed by atoms with Crippen LogP contribution in [0.3, 0.4) is 0 Å². The Bertz CT molecular complexity index is 659. The van der Waals surface area contributed by atoms with Crippen LogP contribution in [0, 0.1) is 11.8 Å². The van der Waals surface area contributed by atoms with Gasteiger partial charge in [0, 0.05) is 30.6 Å². The molecule has 3 N–H and O–H groups in total. The highest BCUT2D eigenvalue weighted by Crippen LogP contribution is 2.28. The Morgan fingerprint density at radius 2 is 1.91 bits per heavy atom. The van der Waals surface area contributed by atoms with Gasteiger partial charge >= 0.3 is 12.2 Å². The number of hydrogen-bond donors (Lipinski definition) is 2. The van der Waals surface area contributed by atoms with Crippen molar-refractivity contribution >= 4 is 11.9 Å². The van der Waals surface area contributed by atoms with Gasteiger partial charge in [-0.1, -0.05) is 5.92 Å². The standard InChI is InChI=1S/C15H14F3N3O2/c16-15(17,18)11-4-1-10(2-5-11)3-6-13(22)20-12-7-8-21(9-12)14(19)23/h1-2,4-5,12H,7-9H2,(H2,19,23)(H,20,22)/t12-/m1/s1. The number of alkyl halides is 3. The number of carbonyl (C=O) groups is 2. The smallest absolute Gasteiger partial charge is 0.351 e. The van der Waals surface area contributed by atoms with Gasteiger partial charge in [0.1, 0.15) is 0 Å². The van der Waals surface area contributed by atoms with Crippen LogP contribution in [0.2, 0.25) is 0 Å². The molecule has 23 heavy (non-hydrogen) atoms. The Hall–Kier alpha value is -2.69. The number of nitrogens with two attached hydrogens (primary N) is 1. The highest BCUT2D eigenvalue weighted by atomic mass is 19.4. The van der Waals surface area contributed by atoms with E-state index in [-0.39, 0.29) is 6.04 Å². The Morgan fingerprint density at radius 3 is 2.43 bits per heavy atom. The minimum Gasteiger partial charge on any atom is -0.351 e. The molecule has 5 nitrogen and oxygen atoms in total. The summed E-state index contributed by atoms with van der Waals surface area (Å²) in [6, 6.07) is 3.45. The maximum atomic E-state index is 12.4. The van der Waals surface area contributed by atoms with Crippen molar-refractivity contribution in [3.63, 3.8) is 0 Å². The molecule has 1 fully saturated rings. The number of likely N-dealkylation sites (tertiary alicyclic amines) is 1. The van der Waals surface area contributed by atoms with Crippen LogP contribution >= 0.6 is 0 Å². The molecule has 0 aliphatic carbocycles. The maximum absolute atomic E-state index is 12.4. The average Bonchev–Trinajstić information content (AvgIpc) is 2.93. The second-order valence-electron chi connectivity index (χ2n) is 5.07. The lowest BCUT2D eigenvalue weighted by molar-refractivity contribution is -0.137. The number of carbonyl (C=O) groups excluding carboxylic acids is 2. The number of benzene rings is 1. The largest absolute Gasteiger partial charge is 0.416 e. The molecule has 0 bridgehead atoms. The zero-order valence-electron chi connectivity index (χ0n) is 12.0. The molecule has 3 amide bonds. The first-order valence-corrected chi connectivity index (χ1v) is 6.80. The van der Waals surface area contributed by atoms with Crippen molar-refractivity contribution < 1.29 is 22.8 Å². The number of rotatable bonds is 1. The van der Waals surface area contributed by atoms with E-state index >= 15 is 0 Å². The van der Waals surface area contributed by atoms with Gasteiger partial charge in [0.15, 0.2) is 0 Å². The lowest BCUT2D eigenvalue weighted by Gasteiger charge is -2.13. The van der Waals surface area contributed by atoms with Crippen LogP contribution in [0.5, 0.6) is 0 Å². The first-order valence-electron chi connectivity index (χ1n) is 6.80. The van der Waals surface area contributed by atoms with Crippen molar-refractivity contribution in [3.8, 4) is 11.8 Å². The molecule has 1 saturated heterocycles. The third-order valence-corrected chi connectivity index (χ3v) is 3.37. The number of amides is 3. The number of urea groups is 1. The molecular weight excluding hydrogens is 311 g/mol. The molecule has 122 valence electrons. The van der Waals surface area contributed by atoms with E-state index in [9.17, 15) is 22.8 Å². The van der Waals surface area contributed by atoms with E-state index in [2.05, 4.69) is 17.2 Å². The highest BCUT2D eigenvalue weighted by molar-refractivity contribution is 5.94. The van der Waals surface area contributed by atoms with Gasteiger partial charge in [-0.15, -0.1) is 0 Å². The topological polar surface area (TPSA) is 75.4 Å². The van der Waals surface area contributed by atoms with Crippen LogP contribution in [0.25, 0.3) is 0 Å². The summed E-state index contributed by atoms with van der Waals surface area (Å²) < 4.78 is 37.2. The van der Waals surface area contributed by atoms with E-state index in [0.717, 1.165) is 12.1 Å². The molecule has 8 heteroatoms. The van der Waals surface area contributed by atoms with Gasteiger partial charge < -0.3 is 16.0 Å². The van der Waals surface area contributed by atoms with Crippen molar-refractivity contribution in [1.29, 1.82) is 0 Å². The van der Waals surface area contributed by atoms with Crippen molar-refractivity contribution in [2.45, 2.75) is 18.6 Å². The fraction of sp³-hybridized carbons (Fsp3) is 0.333. The molecule has 1 atom stereocenters. The molecule has 1 heterocycles. The molecule has 1 aromatic rings. The summed E-state index contributed by atoms with van der Waals surface area (Å²) in [4.78, 5) is 24.1. The normalized spacial score (nSPS) is 17.3. The number of nitrogens with zero attached hydrogens (tertiary/aromatic N) is 1. The summed E-state index contributed by atoms with van der Waals surface area (Å²) in [5.41, 5.74) is 4.67. The maximum Gasteiger partial charge on any atom is 0.416 e. The number of primary amides is 1. The lowest BCUT2D eigenvalue weighted by atomic mass is 10.1. The van der Waals surface area contributed by atoms with Crippen LogP contribution in [0.1, 0.15) is 17.5 Å². The Morgan fingerprint density at radius 1 is 1.26 bits per heavy atom. The summed E-state index contributed by atoms with van der Waals surface area (Å²) in [6.45, 7) is 0.787. The van der Waals surface area contributed by atoms with E-state index in [4.69, 9.17) is 5.73 Å². The molecule has 1 aliphatic heterocycles. The van der Waals surface area contributed by atoms with Crippen LogP contribution in [-0.2, 0) is 11.0 Å². The summed E-state index contributed by atoms with van der Waals surface area (Å²) in [5, 5.41) is 2.63. The number of nitrogens with one attached hydrogen (secondary N) is 1. The Kier molecular flexibility index (Phi) is 4.79. The Labute approximate surface area is 130 Å². The van der Waals surface area contributed by atoms with Gasteiger partial charge in [-0.2, -0.15) is 13.2 Å². The third-order valence-electron chi connectivity index (χ3n) is 3.37. The highest BCUT2D eigenvalue weighted by Gasteiger charge is 2.29. The van der Waals surface area contributed by atoms with E-state index in [1.807, 2.05) is 0 Å². The zero-order chi connectivity index (χ0) is 17.0. The van der Waals surface area contributed by atoms with Gasteiger partial charge in [-0.05, 0) is 30.7 Å². The lowest BCUT2D eigenvalue weighted by Crippen LogP contribution is -2.39. The van der Waals surface area contributed by atoms with Crippen LogP contribution in [-0.4, -0.2) is 36.0 Å². The fourth-order valence-corrected chi connectivity index (χ4v) is 2.17. The van der Waals surface area contributed by atoms with Gasteiger partial charge in [0.2, 0.25) is 0 Å². The van der Waals surface area contributed by atoms with Crippen molar-refractivity contribution in [2.24, 2.45) is 5.73 Å². The van der Waals surface area contributed by atoms with Crippen molar-refractivity contribution in [2.75, 3.05) is 13.1 Å². The van der Waals surface area contributed by atoms with Crippen molar-refractivity contribution in [3.05, 3.63) is 35.4 Å². The Balaban J connectivity index is 1.91. The zero-order valence-corrected chi connectivity index (χ0v) is 12.0. The van der Waals surface area contributed by atoms with E-state index in [0.29, 0.717) is 25.1 Å². The molecule has 0 spiro atoms. The minimum absolute atomic E-state index is 0.225. The van der Waals surface area contributed by atoms with Crippen molar-refractivity contribution in [1.82, 2.24) is 10.2 Å². The summed E-state index contributed by atoms with van der Waals surface area (Å²) in [6.07, 6.45) is -3.82. The second-order valence-corrected chi connectivity index (χ2v) is 5.07. The summed E-state index contributed by atoms with van der Waals surface area (Å²) >= 11 is 0. The van der Waals surface area contributed by atoms with E-state index < -0.39 is 23.7 Å². The van der Waals surface area contributed by atoms with Gasteiger partial charge in [0.25, 0.3) is 5.91 Å². The molecular formula is C15H14F3N3O2. The third kappa shape index (κ3) is 4.64. The SMILES string of the molecule is NC(=O)N1CC[C@@H](NC(=O)C#Cc2ccc(C(F)(F)F)cc2)C1. The quantitative estimate of drug-likeness (QED) is 0.764. The number of hydrogen-bond acceptors (Lipinski definition) is 2. The molecule has 2 rings (SSSR count). The molecule has 1 aliphatic rings. The molecule has 0 saturated carbocycles. The average molecular weight is 325 g/mol. The predicted molar refractivity (Wildman–Crippen MR) is 76.0 cm³/mol. The molecule has 0 unspecified atom stereocenters. The van der Waals surface area contributed by atoms with Crippen LogP contribution in [0.15, 0.2) is 24.3 Å². The molecule has 1 aromatic carbocycles. The minimum atomic E-state index is -4.40. The number of halogens is 3. The first kappa shape index (κ1) is 16.7. The summed E-state index contributed by atoms with van der Waals surface area (Å²) in [5.74, 6) is 4.25. The van der Waals surface area contributed by atoms with Crippen LogP contribution < -0.4 is 11.1 Å². The summed E-state index contributed by atoms with van der Waals surface area (Å²) in [7, 11) is 0. The van der Waals surface area contributed by atoms with Crippen LogP contribution in [0.4, 0.5) is 18.0 Å². The monoisotopic (exact) mass is 325 g/mol. The van der Waals surface area contributed by atoms with Gasteiger partial charge in [-0.25, -0.2) is 4.79 Å². The first-order chi connectivity index (χ1) is 10.8. The second kappa shape index (κ2) is 6.60. The molecule has 0 aromatic heterocycles. The molecule has 0 radical (unpaired) electrons. The fourth-order valence-electron chi connectivity index (χ4n) is 2.17. The predicted octanol–water partition coefficient (Wildman–Crippen LogP) is 1.33. The van der Waals surface area contributed by atoms with E-state index in [1.54, 1.807) is 0 Å². The van der Waals surface area contributed by atoms with Gasteiger partial charge in [-0.3, -0.25) is 4.79 Å². The van der Waals surface area contributed by atoms with Gasteiger partial charge in [0.05, 0.1) is 5.56 Å².